The second-order valence-electron chi connectivity index (χ2n) is 7.41. The number of aromatic nitrogens is 2. The molecule has 28 heavy (non-hydrogen) atoms. The van der Waals surface area contributed by atoms with Gasteiger partial charge in [-0.25, -0.2) is 0 Å². The molecule has 140 valence electrons. The van der Waals surface area contributed by atoms with E-state index in [1.807, 2.05) is 6.07 Å². The summed E-state index contributed by atoms with van der Waals surface area (Å²) in [5, 5.41) is 10.2. The number of nitrogens with zero attached hydrogens (tertiary/aromatic N) is 2. The quantitative estimate of drug-likeness (QED) is 0.634. The Bertz CT molecular complexity index is 1060. The van der Waals surface area contributed by atoms with Crippen LogP contribution in [0.4, 0.5) is 5.82 Å². The van der Waals surface area contributed by atoms with Crippen LogP contribution in [0.15, 0.2) is 66.6 Å². The van der Waals surface area contributed by atoms with Crippen molar-refractivity contribution in [2.24, 2.45) is 0 Å². The number of carbonyl (C=O) groups is 1. The van der Waals surface area contributed by atoms with E-state index >= 15 is 0 Å². The van der Waals surface area contributed by atoms with Crippen molar-refractivity contribution in [1.82, 2.24) is 9.78 Å². The van der Waals surface area contributed by atoms with Gasteiger partial charge in [0.05, 0.1) is 11.1 Å². The Morgan fingerprint density at radius 2 is 2.07 bits per heavy atom. The van der Waals surface area contributed by atoms with E-state index in [2.05, 4.69) is 70.9 Å². The topological polar surface area (TPSA) is 46.9 Å². The minimum atomic E-state index is -0.307. The van der Waals surface area contributed by atoms with Crippen molar-refractivity contribution in [3.8, 4) is 0 Å². The van der Waals surface area contributed by atoms with Crippen LogP contribution in [0.1, 0.15) is 39.3 Å². The lowest BCUT2D eigenvalue weighted by atomic mass is 9.72. The number of rotatable bonds is 5. The SMILES string of the molecule is C=CC(=O)n1nc(NC2CC2)c2c1CC(c1ccccc1)(c1cccs1)C=C2. The van der Waals surface area contributed by atoms with E-state index in [1.54, 1.807) is 11.3 Å². The zero-order valence-corrected chi connectivity index (χ0v) is 16.3. The standard InChI is InChI=1S/C23H21N3OS/c1-2-21(27)26-19-15-23(20-9-6-14-28-20,16-7-4-3-5-8-16)13-12-18(19)22(25-26)24-17-10-11-17/h2-9,12-14,17H,1,10-11,15H2,(H,24,25). The third-order valence-electron chi connectivity index (χ3n) is 5.55. The van der Waals surface area contributed by atoms with Crippen LogP contribution in [0.3, 0.4) is 0 Å². The average Bonchev–Trinajstić information content (AvgIpc) is 3.25. The summed E-state index contributed by atoms with van der Waals surface area (Å²) in [6, 6.07) is 15.2. The van der Waals surface area contributed by atoms with E-state index in [0.29, 0.717) is 12.5 Å². The Hall–Kier alpha value is -2.92. The van der Waals surface area contributed by atoms with Gasteiger partial charge in [0, 0.05) is 22.9 Å². The van der Waals surface area contributed by atoms with Gasteiger partial charge in [-0.3, -0.25) is 4.79 Å². The largest absolute Gasteiger partial charge is 0.365 e. The first kappa shape index (κ1) is 17.2. The van der Waals surface area contributed by atoms with Crippen molar-refractivity contribution >= 4 is 29.1 Å². The number of carbonyl (C=O) groups excluding carboxylic acids is 1. The molecule has 0 spiro atoms. The van der Waals surface area contributed by atoms with Gasteiger partial charge in [-0.05, 0) is 35.9 Å². The number of hydrogen-bond donors (Lipinski definition) is 1. The maximum atomic E-state index is 12.6. The fraction of sp³-hybridized carbons (Fsp3) is 0.217. The van der Waals surface area contributed by atoms with Crippen molar-refractivity contribution in [2.75, 3.05) is 5.32 Å². The first-order valence-corrected chi connectivity index (χ1v) is 10.4. The monoisotopic (exact) mass is 387 g/mol. The van der Waals surface area contributed by atoms with Gasteiger partial charge in [-0.1, -0.05) is 55.1 Å². The molecule has 2 heterocycles. The Morgan fingerprint density at radius 3 is 2.75 bits per heavy atom. The number of nitrogens with one attached hydrogen (secondary N) is 1. The summed E-state index contributed by atoms with van der Waals surface area (Å²) in [7, 11) is 0. The van der Waals surface area contributed by atoms with E-state index in [1.165, 1.54) is 21.2 Å². The first-order valence-electron chi connectivity index (χ1n) is 9.55. The lowest BCUT2D eigenvalue weighted by Crippen LogP contribution is -2.31. The zero-order valence-electron chi connectivity index (χ0n) is 15.5. The van der Waals surface area contributed by atoms with Crippen molar-refractivity contribution in [3.63, 3.8) is 0 Å². The molecule has 1 saturated carbocycles. The Kier molecular flexibility index (Phi) is 4.05. The molecule has 1 fully saturated rings. The smallest absolute Gasteiger partial charge is 0.270 e. The van der Waals surface area contributed by atoms with Gasteiger partial charge < -0.3 is 5.32 Å². The fourth-order valence-corrected chi connectivity index (χ4v) is 4.86. The summed E-state index contributed by atoms with van der Waals surface area (Å²) < 4.78 is 1.53. The van der Waals surface area contributed by atoms with Crippen LogP contribution in [0.2, 0.25) is 0 Å². The number of benzene rings is 1. The third-order valence-corrected chi connectivity index (χ3v) is 6.60. The van der Waals surface area contributed by atoms with Crippen LogP contribution in [0.25, 0.3) is 6.08 Å². The molecule has 0 bridgehead atoms. The fourth-order valence-electron chi connectivity index (χ4n) is 3.93. The maximum Gasteiger partial charge on any atom is 0.270 e. The second kappa shape index (κ2) is 6.60. The molecule has 5 rings (SSSR count). The highest BCUT2D eigenvalue weighted by atomic mass is 32.1. The number of anilines is 1. The van der Waals surface area contributed by atoms with Gasteiger partial charge in [0.2, 0.25) is 0 Å². The van der Waals surface area contributed by atoms with Crippen LogP contribution >= 0.6 is 11.3 Å². The average molecular weight is 388 g/mol. The molecule has 1 aromatic carbocycles. The highest BCUT2D eigenvalue weighted by molar-refractivity contribution is 7.10. The Morgan fingerprint density at radius 1 is 1.25 bits per heavy atom. The Labute approximate surface area is 168 Å². The second-order valence-corrected chi connectivity index (χ2v) is 8.35. The molecule has 1 N–H and O–H groups in total. The van der Waals surface area contributed by atoms with Crippen molar-refractivity contribution in [1.29, 1.82) is 0 Å². The summed E-state index contributed by atoms with van der Waals surface area (Å²) in [6.07, 6.45) is 8.74. The molecule has 1 atom stereocenters. The highest BCUT2D eigenvalue weighted by Crippen LogP contribution is 2.45. The summed E-state index contributed by atoms with van der Waals surface area (Å²) in [4.78, 5) is 13.8. The van der Waals surface area contributed by atoms with E-state index in [0.717, 1.165) is 29.9 Å². The molecule has 3 aromatic rings. The van der Waals surface area contributed by atoms with Crippen molar-refractivity contribution in [2.45, 2.75) is 30.7 Å². The molecule has 0 amide bonds. The number of allylic oxidation sites excluding steroid dienone is 2. The van der Waals surface area contributed by atoms with Gasteiger partial charge in [-0.15, -0.1) is 16.4 Å². The normalized spacial score (nSPS) is 20.6. The predicted octanol–water partition coefficient (Wildman–Crippen LogP) is 4.90. The highest BCUT2D eigenvalue weighted by Gasteiger charge is 2.39. The van der Waals surface area contributed by atoms with Gasteiger partial charge in [0.15, 0.2) is 5.82 Å². The molecular formula is C23H21N3OS. The van der Waals surface area contributed by atoms with Crippen LogP contribution in [0.5, 0.6) is 0 Å². The summed E-state index contributed by atoms with van der Waals surface area (Å²) in [5.74, 6) is 0.611. The molecule has 2 aliphatic carbocycles. The maximum absolute atomic E-state index is 12.6. The van der Waals surface area contributed by atoms with Gasteiger partial charge >= 0.3 is 0 Å². The van der Waals surface area contributed by atoms with Crippen LogP contribution in [-0.2, 0) is 11.8 Å². The molecule has 1 unspecified atom stereocenters. The summed E-state index contributed by atoms with van der Waals surface area (Å²) in [6.45, 7) is 3.67. The van der Waals surface area contributed by atoms with E-state index in [9.17, 15) is 4.79 Å². The molecule has 0 aliphatic heterocycles. The number of hydrogen-bond acceptors (Lipinski definition) is 4. The third kappa shape index (κ3) is 2.74. The van der Waals surface area contributed by atoms with E-state index in [4.69, 9.17) is 0 Å². The number of thiophene rings is 1. The summed E-state index contributed by atoms with van der Waals surface area (Å²) in [5.41, 5.74) is 2.87. The summed E-state index contributed by atoms with van der Waals surface area (Å²) >= 11 is 1.74. The van der Waals surface area contributed by atoms with Gasteiger partial charge in [-0.2, -0.15) is 4.68 Å². The van der Waals surface area contributed by atoms with E-state index in [-0.39, 0.29) is 11.3 Å². The molecule has 0 saturated heterocycles. The van der Waals surface area contributed by atoms with Crippen molar-refractivity contribution in [3.05, 3.63) is 88.3 Å². The minimum absolute atomic E-state index is 0.191. The molecule has 2 aliphatic rings. The number of fused-ring (bicyclic) bond motifs is 1. The van der Waals surface area contributed by atoms with Crippen LogP contribution in [-0.4, -0.2) is 21.7 Å². The van der Waals surface area contributed by atoms with Crippen LogP contribution < -0.4 is 5.32 Å². The lowest BCUT2D eigenvalue weighted by molar-refractivity contribution is 0.0950. The first-order chi connectivity index (χ1) is 13.7. The van der Waals surface area contributed by atoms with Gasteiger partial charge in [0.25, 0.3) is 5.91 Å². The molecular weight excluding hydrogens is 366 g/mol. The minimum Gasteiger partial charge on any atom is -0.365 e. The van der Waals surface area contributed by atoms with Gasteiger partial charge in [0.1, 0.15) is 0 Å². The van der Waals surface area contributed by atoms with E-state index < -0.39 is 0 Å². The van der Waals surface area contributed by atoms with Crippen LogP contribution in [0, 0.1) is 0 Å². The molecule has 2 aromatic heterocycles. The lowest BCUT2D eigenvalue weighted by Gasteiger charge is -2.33. The molecule has 5 heteroatoms. The Balaban J connectivity index is 1.68. The molecule has 0 radical (unpaired) electrons. The van der Waals surface area contributed by atoms with Crippen molar-refractivity contribution < 1.29 is 4.79 Å². The molecule has 4 nitrogen and oxygen atoms in total. The zero-order chi connectivity index (χ0) is 19.1. The predicted molar refractivity (Wildman–Crippen MR) is 114 cm³/mol.